The SMILES string of the molecule is COc1ccc2c(Nc3ccccc3SC)c(C(N)=O)cnc2c1. The number of nitrogens with zero attached hydrogens (tertiary/aromatic N) is 1. The first-order valence-corrected chi connectivity index (χ1v) is 8.53. The first-order chi connectivity index (χ1) is 11.6. The molecule has 0 atom stereocenters. The summed E-state index contributed by atoms with van der Waals surface area (Å²) in [5.41, 5.74) is 8.18. The van der Waals surface area contributed by atoms with Crippen LogP contribution in [-0.2, 0) is 0 Å². The smallest absolute Gasteiger partial charge is 0.252 e. The lowest BCUT2D eigenvalue weighted by molar-refractivity contribution is 0.100. The number of rotatable bonds is 5. The number of nitrogens with one attached hydrogen (secondary N) is 1. The topological polar surface area (TPSA) is 77.2 Å². The standard InChI is InChI=1S/C18H17N3O2S/c1-23-11-7-8-12-15(9-11)20-10-13(18(19)22)17(12)21-14-5-3-4-6-16(14)24-2/h3-10H,1-2H3,(H2,19,22)(H,20,21). The van der Waals surface area contributed by atoms with Crippen LogP contribution in [0, 0.1) is 0 Å². The first kappa shape index (κ1) is 16.1. The third-order valence-electron chi connectivity index (χ3n) is 3.71. The van der Waals surface area contributed by atoms with Gasteiger partial charge in [-0.2, -0.15) is 0 Å². The van der Waals surface area contributed by atoms with Gasteiger partial charge in [-0.3, -0.25) is 9.78 Å². The van der Waals surface area contributed by atoms with Gasteiger partial charge in [-0.25, -0.2) is 0 Å². The van der Waals surface area contributed by atoms with Gasteiger partial charge in [0.1, 0.15) is 5.75 Å². The number of hydrogen-bond donors (Lipinski definition) is 2. The molecule has 6 heteroatoms. The fourth-order valence-corrected chi connectivity index (χ4v) is 3.06. The molecule has 0 bridgehead atoms. The number of aromatic nitrogens is 1. The fraction of sp³-hybridized carbons (Fsp3) is 0.111. The van der Waals surface area contributed by atoms with E-state index in [1.54, 1.807) is 18.9 Å². The van der Waals surface area contributed by atoms with Crippen LogP contribution in [-0.4, -0.2) is 24.3 Å². The highest BCUT2D eigenvalue weighted by Gasteiger charge is 2.15. The van der Waals surface area contributed by atoms with E-state index in [4.69, 9.17) is 10.5 Å². The van der Waals surface area contributed by atoms with E-state index in [1.807, 2.05) is 48.7 Å². The summed E-state index contributed by atoms with van der Waals surface area (Å²) in [4.78, 5) is 17.3. The van der Waals surface area contributed by atoms with Crippen molar-refractivity contribution in [1.82, 2.24) is 4.98 Å². The number of anilines is 2. The quantitative estimate of drug-likeness (QED) is 0.691. The van der Waals surface area contributed by atoms with Crippen LogP contribution < -0.4 is 15.8 Å². The Labute approximate surface area is 144 Å². The van der Waals surface area contributed by atoms with E-state index in [2.05, 4.69) is 10.3 Å². The summed E-state index contributed by atoms with van der Waals surface area (Å²) in [5.74, 6) is 0.182. The monoisotopic (exact) mass is 339 g/mol. The zero-order valence-corrected chi connectivity index (χ0v) is 14.2. The minimum atomic E-state index is -0.524. The summed E-state index contributed by atoms with van der Waals surface area (Å²) in [5, 5.41) is 4.16. The molecule has 0 aliphatic heterocycles. The van der Waals surface area contributed by atoms with Crippen LogP contribution in [0.5, 0.6) is 5.75 Å². The molecule has 5 nitrogen and oxygen atoms in total. The van der Waals surface area contributed by atoms with E-state index >= 15 is 0 Å². The number of para-hydroxylation sites is 1. The lowest BCUT2D eigenvalue weighted by Gasteiger charge is -2.15. The highest BCUT2D eigenvalue weighted by Crippen LogP contribution is 2.34. The van der Waals surface area contributed by atoms with Crippen molar-refractivity contribution in [3.8, 4) is 5.75 Å². The van der Waals surface area contributed by atoms with Gasteiger partial charge in [-0.15, -0.1) is 11.8 Å². The van der Waals surface area contributed by atoms with Gasteiger partial charge >= 0.3 is 0 Å². The van der Waals surface area contributed by atoms with Crippen molar-refractivity contribution < 1.29 is 9.53 Å². The zero-order chi connectivity index (χ0) is 17.1. The molecule has 1 heterocycles. The van der Waals surface area contributed by atoms with Crippen molar-refractivity contribution in [2.75, 3.05) is 18.7 Å². The zero-order valence-electron chi connectivity index (χ0n) is 13.4. The van der Waals surface area contributed by atoms with E-state index in [9.17, 15) is 4.79 Å². The molecule has 1 amide bonds. The lowest BCUT2D eigenvalue weighted by atomic mass is 10.1. The highest BCUT2D eigenvalue weighted by atomic mass is 32.2. The Kier molecular flexibility index (Phi) is 4.57. The Morgan fingerprint density at radius 3 is 2.75 bits per heavy atom. The average Bonchev–Trinajstić information content (AvgIpc) is 2.61. The number of hydrogen-bond acceptors (Lipinski definition) is 5. The minimum absolute atomic E-state index is 0.351. The third kappa shape index (κ3) is 3.00. The van der Waals surface area contributed by atoms with E-state index in [0.717, 1.165) is 21.5 Å². The lowest BCUT2D eigenvalue weighted by Crippen LogP contribution is -2.14. The molecule has 0 unspecified atom stereocenters. The van der Waals surface area contributed by atoms with Crippen molar-refractivity contribution in [1.29, 1.82) is 0 Å². The van der Waals surface area contributed by atoms with Gasteiger partial charge < -0.3 is 15.8 Å². The van der Waals surface area contributed by atoms with Crippen LogP contribution in [0.25, 0.3) is 10.9 Å². The number of carbonyl (C=O) groups is 1. The van der Waals surface area contributed by atoms with Crippen LogP contribution in [0.15, 0.2) is 53.6 Å². The van der Waals surface area contributed by atoms with E-state index in [1.165, 1.54) is 6.20 Å². The molecular weight excluding hydrogens is 322 g/mol. The van der Waals surface area contributed by atoms with E-state index in [-0.39, 0.29) is 0 Å². The Balaban J connectivity index is 2.19. The molecule has 2 aromatic carbocycles. The Bertz CT molecular complexity index is 912. The number of benzene rings is 2. The first-order valence-electron chi connectivity index (χ1n) is 7.30. The van der Waals surface area contributed by atoms with Gasteiger partial charge in [0.25, 0.3) is 5.91 Å². The summed E-state index contributed by atoms with van der Waals surface area (Å²) in [6.07, 6.45) is 3.50. The van der Waals surface area contributed by atoms with Gasteiger partial charge in [-0.05, 0) is 30.5 Å². The number of nitrogens with two attached hydrogens (primary N) is 1. The Hall–Kier alpha value is -2.73. The molecule has 0 aliphatic carbocycles. The number of amides is 1. The van der Waals surface area contributed by atoms with Gasteiger partial charge in [0, 0.05) is 22.5 Å². The summed E-state index contributed by atoms with van der Waals surface area (Å²) in [7, 11) is 1.60. The number of primary amides is 1. The van der Waals surface area contributed by atoms with E-state index < -0.39 is 5.91 Å². The highest BCUT2D eigenvalue weighted by molar-refractivity contribution is 7.98. The average molecular weight is 339 g/mol. The molecule has 3 rings (SSSR count). The molecule has 3 N–H and O–H groups in total. The molecule has 3 aromatic rings. The largest absolute Gasteiger partial charge is 0.497 e. The van der Waals surface area contributed by atoms with Crippen LogP contribution >= 0.6 is 11.8 Å². The van der Waals surface area contributed by atoms with Crippen molar-refractivity contribution in [2.45, 2.75) is 4.90 Å². The molecule has 0 fully saturated rings. The number of carbonyl (C=O) groups excluding carboxylic acids is 1. The fourth-order valence-electron chi connectivity index (χ4n) is 2.50. The Morgan fingerprint density at radius 2 is 2.04 bits per heavy atom. The Morgan fingerprint density at radius 1 is 1.25 bits per heavy atom. The van der Waals surface area contributed by atoms with Crippen LogP contribution in [0.1, 0.15) is 10.4 Å². The summed E-state index contributed by atoms with van der Waals surface area (Å²) in [6, 6.07) is 13.4. The third-order valence-corrected chi connectivity index (χ3v) is 4.50. The maximum absolute atomic E-state index is 11.8. The molecule has 122 valence electrons. The second-order valence-electron chi connectivity index (χ2n) is 5.12. The molecule has 0 spiro atoms. The number of methoxy groups -OCH3 is 1. The predicted octanol–water partition coefficient (Wildman–Crippen LogP) is 3.81. The molecule has 0 saturated heterocycles. The van der Waals surface area contributed by atoms with Crippen molar-refractivity contribution in [2.24, 2.45) is 5.73 Å². The number of pyridine rings is 1. The predicted molar refractivity (Wildman–Crippen MR) is 98.3 cm³/mol. The summed E-state index contributed by atoms with van der Waals surface area (Å²) < 4.78 is 5.24. The van der Waals surface area contributed by atoms with Gasteiger partial charge in [0.2, 0.25) is 0 Å². The van der Waals surface area contributed by atoms with Crippen LogP contribution in [0.3, 0.4) is 0 Å². The molecule has 0 aliphatic rings. The van der Waals surface area contributed by atoms with Crippen LogP contribution in [0.4, 0.5) is 11.4 Å². The molecule has 0 radical (unpaired) electrons. The second kappa shape index (κ2) is 6.80. The molecular formula is C18H17N3O2S. The molecule has 1 aromatic heterocycles. The second-order valence-corrected chi connectivity index (χ2v) is 5.97. The molecule has 0 saturated carbocycles. The van der Waals surface area contributed by atoms with Gasteiger partial charge in [-0.1, -0.05) is 12.1 Å². The normalized spacial score (nSPS) is 10.6. The molecule has 24 heavy (non-hydrogen) atoms. The maximum Gasteiger partial charge on any atom is 0.252 e. The number of fused-ring (bicyclic) bond motifs is 1. The summed E-state index contributed by atoms with van der Waals surface area (Å²) >= 11 is 1.63. The minimum Gasteiger partial charge on any atom is -0.497 e. The number of ether oxygens (including phenoxy) is 1. The maximum atomic E-state index is 11.8. The van der Waals surface area contributed by atoms with Crippen molar-refractivity contribution in [3.63, 3.8) is 0 Å². The number of thioether (sulfide) groups is 1. The van der Waals surface area contributed by atoms with Gasteiger partial charge in [0.05, 0.1) is 29.6 Å². The van der Waals surface area contributed by atoms with Crippen LogP contribution in [0.2, 0.25) is 0 Å². The van der Waals surface area contributed by atoms with Crippen molar-refractivity contribution >= 4 is 39.9 Å². The van der Waals surface area contributed by atoms with E-state index in [0.29, 0.717) is 17.0 Å². The van der Waals surface area contributed by atoms with Crippen molar-refractivity contribution in [3.05, 3.63) is 54.2 Å². The summed E-state index contributed by atoms with van der Waals surface area (Å²) in [6.45, 7) is 0. The van der Waals surface area contributed by atoms with Gasteiger partial charge in [0.15, 0.2) is 0 Å².